The number of primary amides is 1. The number of benzene rings is 1. The van der Waals surface area contributed by atoms with Crippen molar-refractivity contribution in [1.82, 2.24) is 4.90 Å². The number of nitrogen functional groups attached to an aromatic ring is 1. The molecular weight excluding hydrogens is 504 g/mol. The Morgan fingerprint density at radius 1 is 1.15 bits per heavy atom. The van der Waals surface area contributed by atoms with Crippen LogP contribution < -0.4 is 16.4 Å². The molecule has 0 spiro atoms. The zero-order valence-corrected chi connectivity index (χ0v) is 23.1. The number of carbonyl (C=O) groups is 3. The lowest BCUT2D eigenvalue weighted by molar-refractivity contribution is -0.153. The monoisotopic (exact) mass is 542 g/mol. The van der Waals surface area contributed by atoms with Crippen LogP contribution in [0.2, 0.25) is 0 Å². The minimum Gasteiger partial charge on any atom is -0.508 e. The Morgan fingerprint density at radius 3 is 2.28 bits per heavy atom. The molecule has 1 amide bonds. The highest BCUT2D eigenvalue weighted by Gasteiger charge is 2.64. The Balaban J connectivity index is 1.99. The summed E-state index contributed by atoms with van der Waals surface area (Å²) in [6.07, 6.45) is 0.237. The van der Waals surface area contributed by atoms with Crippen molar-refractivity contribution < 1.29 is 34.8 Å². The fourth-order valence-corrected chi connectivity index (χ4v) is 6.55. The second kappa shape index (κ2) is 9.56. The maximum absolute atomic E-state index is 14.0. The van der Waals surface area contributed by atoms with Crippen molar-refractivity contribution in [2.45, 2.75) is 58.2 Å². The van der Waals surface area contributed by atoms with Crippen LogP contribution in [0.3, 0.4) is 0 Å². The van der Waals surface area contributed by atoms with E-state index in [1.54, 1.807) is 20.2 Å². The summed E-state index contributed by atoms with van der Waals surface area (Å²) in [6, 6.07) is 0.584. The molecule has 1 saturated carbocycles. The summed E-state index contributed by atoms with van der Waals surface area (Å²) in [6.45, 7) is 8.86. The van der Waals surface area contributed by atoms with Gasteiger partial charge < -0.3 is 36.8 Å². The smallest absolute Gasteiger partial charge is 0.255 e. The van der Waals surface area contributed by atoms with Crippen LogP contribution in [0.4, 0.5) is 11.4 Å². The van der Waals surface area contributed by atoms with Gasteiger partial charge in [0.2, 0.25) is 5.78 Å². The first-order chi connectivity index (χ1) is 18.0. The molecule has 39 heavy (non-hydrogen) atoms. The maximum Gasteiger partial charge on any atom is 0.255 e. The predicted molar refractivity (Wildman–Crippen MR) is 146 cm³/mol. The number of aliphatic hydroxyl groups excluding tert-OH is 2. The molecular formula is C28H38N4O7. The van der Waals surface area contributed by atoms with Crippen molar-refractivity contribution in [1.29, 1.82) is 0 Å². The number of anilines is 2. The molecule has 1 aromatic rings. The number of amides is 1. The van der Waals surface area contributed by atoms with Gasteiger partial charge in [-0.25, -0.2) is 0 Å². The van der Waals surface area contributed by atoms with Gasteiger partial charge in [0.05, 0.1) is 17.3 Å². The number of rotatable bonds is 6. The number of nitrogens with zero attached hydrogens (tertiary/aromatic N) is 2. The number of likely N-dealkylation sites (N-methyl/N-ethyl adjacent to an activating group) is 1. The Bertz CT molecular complexity index is 1330. The second-order valence-electron chi connectivity index (χ2n) is 11.8. The van der Waals surface area contributed by atoms with Crippen LogP contribution in [0.5, 0.6) is 5.75 Å². The molecule has 1 aromatic carbocycles. The molecule has 11 nitrogen and oxygen atoms in total. The van der Waals surface area contributed by atoms with Crippen LogP contribution in [-0.2, 0) is 20.8 Å². The Hall–Kier alpha value is -3.57. The quantitative estimate of drug-likeness (QED) is 0.174. The molecule has 4 atom stereocenters. The van der Waals surface area contributed by atoms with Crippen LogP contribution in [-0.4, -0.2) is 81.1 Å². The normalized spacial score (nSPS) is 26.8. The van der Waals surface area contributed by atoms with Crippen molar-refractivity contribution in [3.05, 3.63) is 34.1 Å². The van der Waals surface area contributed by atoms with E-state index in [1.165, 1.54) is 4.90 Å². The lowest BCUT2D eigenvalue weighted by Crippen LogP contribution is -2.65. The lowest BCUT2D eigenvalue weighted by atomic mass is 9.57. The summed E-state index contributed by atoms with van der Waals surface area (Å²) in [5.74, 6) is -6.65. The van der Waals surface area contributed by atoms with Gasteiger partial charge in [-0.3, -0.25) is 19.3 Å². The van der Waals surface area contributed by atoms with Crippen molar-refractivity contribution in [2.75, 3.05) is 31.3 Å². The van der Waals surface area contributed by atoms with Crippen molar-refractivity contribution in [2.24, 2.45) is 23.5 Å². The molecule has 3 aliphatic carbocycles. The number of phenolic OH excluding ortho intramolecular Hbond substituents is 1. The SMILES string of the molecule is CC(C)CN(c1cc(N)c(O)c2c1CC1CC3[C@H](N(C)C)C(=O)C(C(N)=O)=C(O)[C@@]3(O)C(=O)C1=C2O)C(C)C. The Kier molecular flexibility index (Phi) is 6.97. The van der Waals surface area contributed by atoms with Gasteiger partial charge >= 0.3 is 0 Å². The first-order valence-electron chi connectivity index (χ1n) is 13.1. The molecule has 0 aliphatic heterocycles. The van der Waals surface area contributed by atoms with Crippen LogP contribution >= 0.6 is 0 Å². The predicted octanol–water partition coefficient (Wildman–Crippen LogP) is 1.42. The number of aromatic hydroxyl groups is 1. The van der Waals surface area contributed by atoms with Crippen molar-refractivity contribution in [3.63, 3.8) is 0 Å². The molecule has 1 fully saturated rings. The van der Waals surface area contributed by atoms with Crippen LogP contribution in [0.1, 0.15) is 45.2 Å². The summed E-state index contributed by atoms with van der Waals surface area (Å²) in [4.78, 5) is 43.0. The molecule has 2 unspecified atom stereocenters. The molecule has 0 aromatic heterocycles. The van der Waals surface area contributed by atoms with Crippen LogP contribution in [0, 0.1) is 17.8 Å². The van der Waals surface area contributed by atoms with E-state index in [-0.39, 0.29) is 41.6 Å². The molecule has 8 N–H and O–H groups in total. The highest BCUT2D eigenvalue weighted by atomic mass is 16.3. The number of ketones is 2. The largest absolute Gasteiger partial charge is 0.508 e. The minimum absolute atomic E-state index is 0.00399. The summed E-state index contributed by atoms with van der Waals surface area (Å²) >= 11 is 0. The number of nitrogens with two attached hydrogens (primary N) is 2. The van der Waals surface area contributed by atoms with E-state index >= 15 is 0 Å². The number of Topliss-reactive ketones (excluding diaryl/α,β-unsaturated/α-hetero) is 2. The third-order valence-corrected chi connectivity index (χ3v) is 8.22. The third kappa shape index (κ3) is 4.06. The van der Waals surface area contributed by atoms with Crippen LogP contribution in [0.15, 0.2) is 23.0 Å². The standard InChI is InChI=1S/C28H38N4O7/c1-11(2)10-32(12(3)4)17-9-16(29)22(33)19-14(17)7-13-8-15-21(31(5)6)24(35)20(27(30)38)26(37)28(15,39)25(36)18(13)23(19)34/h9,11-13,15,21,33-34,37,39H,7-8,10,29H2,1-6H3,(H2,30,38)/t13?,15?,21-,28-/m0/s1. The molecule has 0 radical (unpaired) electrons. The molecule has 0 saturated heterocycles. The number of fused-ring (bicyclic) bond motifs is 3. The van der Waals surface area contributed by atoms with E-state index in [1.807, 2.05) is 13.8 Å². The first-order valence-corrected chi connectivity index (χ1v) is 13.1. The van der Waals surface area contributed by atoms with Gasteiger partial charge in [-0.05, 0) is 64.3 Å². The molecule has 0 bridgehead atoms. The van der Waals surface area contributed by atoms with Gasteiger partial charge in [-0.2, -0.15) is 0 Å². The van der Waals surface area contributed by atoms with E-state index in [9.17, 15) is 34.8 Å². The Labute approximate surface area is 227 Å². The summed E-state index contributed by atoms with van der Waals surface area (Å²) < 4.78 is 0. The van der Waals surface area contributed by atoms with Gasteiger partial charge in [-0.1, -0.05) is 13.8 Å². The van der Waals surface area contributed by atoms with Gasteiger partial charge in [0.25, 0.3) is 5.91 Å². The van der Waals surface area contributed by atoms with Crippen molar-refractivity contribution in [3.8, 4) is 5.75 Å². The lowest BCUT2D eigenvalue weighted by Gasteiger charge is -2.50. The third-order valence-electron chi connectivity index (χ3n) is 8.22. The topological polar surface area (TPSA) is 191 Å². The Morgan fingerprint density at radius 2 is 1.77 bits per heavy atom. The molecule has 212 valence electrons. The molecule has 0 heterocycles. The molecule has 3 aliphatic rings. The van der Waals surface area contributed by atoms with E-state index < -0.39 is 63.8 Å². The van der Waals surface area contributed by atoms with Crippen LogP contribution in [0.25, 0.3) is 5.76 Å². The number of phenols is 1. The summed E-state index contributed by atoms with van der Waals surface area (Å²) in [7, 11) is 3.14. The minimum atomic E-state index is -2.68. The number of hydrogen-bond donors (Lipinski definition) is 6. The fourth-order valence-electron chi connectivity index (χ4n) is 6.55. The number of hydrogen-bond acceptors (Lipinski definition) is 10. The molecule has 11 heteroatoms. The summed E-state index contributed by atoms with van der Waals surface area (Å²) in [5, 5.41) is 45.1. The first kappa shape index (κ1) is 28.4. The number of aliphatic hydroxyl groups is 3. The van der Waals surface area contributed by atoms with E-state index in [0.717, 1.165) is 0 Å². The van der Waals surface area contributed by atoms with E-state index in [2.05, 4.69) is 18.7 Å². The zero-order chi connectivity index (χ0) is 29.3. The highest BCUT2D eigenvalue weighted by Crippen LogP contribution is 2.54. The van der Waals surface area contributed by atoms with Gasteiger partial charge in [0.15, 0.2) is 11.4 Å². The number of carbonyl (C=O) groups excluding carboxylic acids is 3. The van der Waals surface area contributed by atoms with Gasteiger partial charge in [0.1, 0.15) is 22.8 Å². The van der Waals surface area contributed by atoms with Gasteiger partial charge in [0, 0.05) is 29.8 Å². The second-order valence-corrected chi connectivity index (χ2v) is 11.8. The average molecular weight is 543 g/mol. The van der Waals surface area contributed by atoms with E-state index in [0.29, 0.717) is 17.8 Å². The van der Waals surface area contributed by atoms with E-state index in [4.69, 9.17) is 11.5 Å². The maximum atomic E-state index is 14.0. The van der Waals surface area contributed by atoms with Crippen molar-refractivity contribution >= 4 is 34.6 Å². The summed E-state index contributed by atoms with van der Waals surface area (Å²) in [5.41, 5.74) is 9.14. The highest BCUT2D eigenvalue weighted by molar-refractivity contribution is 6.24. The van der Waals surface area contributed by atoms with Gasteiger partial charge in [-0.15, -0.1) is 0 Å². The average Bonchev–Trinajstić information content (AvgIpc) is 2.81. The fraction of sp³-hybridized carbons (Fsp3) is 0.536. The molecule has 4 rings (SSSR count). The zero-order valence-electron chi connectivity index (χ0n) is 23.1.